The number of carbonyl (C=O) groups is 1. The first kappa shape index (κ1) is 17.0. The van der Waals surface area contributed by atoms with Gasteiger partial charge in [0.1, 0.15) is 17.2 Å². The Balaban J connectivity index is 1.86. The molecule has 1 amide bonds. The van der Waals surface area contributed by atoms with Crippen molar-refractivity contribution in [2.75, 3.05) is 0 Å². The van der Waals surface area contributed by atoms with Crippen molar-refractivity contribution in [2.24, 2.45) is 5.73 Å². The number of carbonyl (C=O) groups excluding carboxylic acids is 1. The lowest BCUT2D eigenvalue weighted by atomic mass is 10.2. The van der Waals surface area contributed by atoms with E-state index in [9.17, 15) is 14.9 Å². The van der Waals surface area contributed by atoms with Crippen molar-refractivity contribution in [1.29, 1.82) is 0 Å². The van der Waals surface area contributed by atoms with E-state index in [0.717, 1.165) is 6.07 Å². The Morgan fingerprint density at radius 1 is 0.846 bits per heavy atom. The van der Waals surface area contributed by atoms with E-state index in [1.807, 2.05) is 18.2 Å². The zero-order valence-corrected chi connectivity index (χ0v) is 13.5. The molecule has 0 aliphatic rings. The minimum atomic E-state index is -0.752. The van der Waals surface area contributed by atoms with Crippen molar-refractivity contribution in [1.82, 2.24) is 0 Å². The number of hydrogen-bond donors (Lipinski definition) is 1. The lowest BCUT2D eigenvalue weighted by Gasteiger charge is -2.10. The Bertz CT molecular complexity index is 957. The van der Waals surface area contributed by atoms with E-state index in [-0.39, 0.29) is 17.0 Å². The van der Waals surface area contributed by atoms with Gasteiger partial charge in [-0.3, -0.25) is 14.9 Å². The molecular weight excluding hydrogens is 336 g/mol. The van der Waals surface area contributed by atoms with Gasteiger partial charge in [-0.1, -0.05) is 24.3 Å². The van der Waals surface area contributed by atoms with Crippen molar-refractivity contribution in [3.63, 3.8) is 0 Å². The molecule has 26 heavy (non-hydrogen) atoms. The summed E-state index contributed by atoms with van der Waals surface area (Å²) in [6.45, 7) is 0. The number of nitrogens with zero attached hydrogens (tertiary/aromatic N) is 1. The first-order valence-corrected chi connectivity index (χ1v) is 7.62. The van der Waals surface area contributed by atoms with Crippen molar-refractivity contribution < 1.29 is 19.2 Å². The standard InChI is InChI=1S/C19H14N2O5/c20-19(22)13-9-10-18(17(11-13)21(23)24)26-16-8-4-7-15(12-16)25-14-5-2-1-3-6-14/h1-12H,(H2,20,22). The summed E-state index contributed by atoms with van der Waals surface area (Å²) in [4.78, 5) is 21.8. The summed E-state index contributed by atoms with van der Waals surface area (Å²) in [5.41, 5.74) is 4.84. The molecule has 0 saturated carbocycles. The normalized spacial score (nSPS) is 10.2. The van der Waals surface area contributed by atoms with E-state index in [1.54, 1.807) is 36.4 Å². The molecule has 0 aliphatic carbocycles. The van der Waals surface area contributed by atoms with Gasteiger partial charge < -0.3 is 15.2 Å². The van der Waals surface area contributed by atoms with Gasteiger partial charge in [0, 0.05) is 17.7 Å². The second kappa shape index (κ2) is 7.35. The molecule has 2 N–H and O–H groups in total. The molecule has 0 aromatic heterocycles. The third-order valence-corrected chi connectivity index (χ3v) is 3.45. The number of primary amides is 1. The molecule has 7 nitrogen and oxygen atoms in total. The van der Waals surface area contributed by atoms with Gasteiger partial charge in [0.25, 0.3) is 0 Å². The topological polar surface area (TPSA) is 105 Å². The predicted octanol–water partition coefficient (Wildman–Crippen LogP) is 4.28. The first-order chi connectivity index (χ1) is 12.5. The van der Waals surface area contributed by atoms with E-state index in [1.165, 1.54) is 12.1 Å². The maximum atomic E-state index is 11.2. The molecule has 0 unspecified atom stereocenters. The first-order valence-electron chi connectivity index (χ1n) is 7.62. The quantitative estimate of drug-likeness (QED) is 0.528. The maximum Gasteiger partial charge on any atom is 0.312 e. The predicted molar refractivity (Wildman–Crippen MR) is 94.6 cm³/mol. The Morgan fingerprint density at radius 2 is 1.50 bits per heavy atom. The highest BCUT2D eigenvalue weighted by molar-refractivity contribution is 5.93. The molecule has 0 heterocycles. The fourth-order valence-electron chi connectivity index (χ4n) is 2.25. The van der Waals surface area contributed by atoms with Crippen LogP contribution in [0, 0.1) is 10.1 Å². The second-order valence-electron chi connectivity index (χ2n) is 5.30. The SMILES string of the molecule is NC(=O)c1ccc(Oc2cccc(Oc3ccccc3)c2)c([N+](=O)[O-])c1. The summed E-state index contributed by atoms with van der Waals surface area (Å²) in [7, 11) is 0. The molecule has 7 heteroatoms. The molecule has 3 rings (SSSR count). The number of rotatable bonds is 6. The van der Waals surface area contributed by atoms with E-state index >= 15 is 0 Å². The summed E-state index contributed by atoms with van der Waals surface area (Å²) in [5, 5.41) is 11.2. The fourth-order valence-corrected chi connectivity index (χ4v) is 2.25. The minimum Gasteiger partial charge on any atom is -0.457 e. The number of nitro benzene ring substituents is 1. The van der Waals surface area contributed by atoms with Crippen LogP contribution in [0.25, 0.3) is 0 Å². The van der Waals surface area contributed by atoms with Crippen LogP contribution in [0.3, 0.4) is 0 Å². The van der Waals surface area contributed by atoms with Gasteiger partial charge in [-0.2, -0.15) is 0 Å². The van der Waals surface area contributed by atoms with Crippen LogP contribution in [0.4, 0.5) is 5.69 Å². The molecule has 0 bridgehead atoms. The highest BCUT2D eigenvalue weighted by Gasteiger charge is 2.18. The highest BCUT2D eigenvalue weighted by atomic mass is 16.6. The number of para-hydroxylation sites is 1. The van der Waals surface area contributed by atoms with E-state index in [0.29, 0.717) is 17.2 Å². The summed E-state index contributed by atoms with van der Waals surface area (Å²) >= 11 is 0. The Kier molecular flexibility index (Phi) is 4.80. The number of nitro groups is 1. The minimum absolute atomic E-state index is 0.00291. The van der Waals surface area contributed by atoms with Crippen LogP contribution in [0.15, 0.2) is 72.8 Å². The summed E-state index contributed by atoms with van der Waals surface area (Å²) < 4.78 is 11.3. The van der Waals surface area contributed by atoms with Crippen LogP contribution >= 0.6 is 0 Å². The zero-order valence-electron chi connectivity index (χ0n) is 13.5. The number of benzene rings is 3. The number of ether oxygens (including phenoxy) is 2. The molecule has 0 spiro atoms. The third-order valence-electron chi connectivity index (χ3n) is 3.45. The van der Waals surface area contributed by atoms with Gasteiger partial charge in [-0.05, 0) is 36.4 Å². The molecule has 0 atom stereocenters. The lowest BCUT2D eigenvalue weighted by Crippen LogP contribution is -2.11. The molecule has 0 radical (unpaired) electrons. The molecular formula is C19H14N2O5. The van der Waals surface area contributed by atoms with Crippen LogP contribution in [-0.4, -0.2) is 10.8 Å². The fraction of sp³-hybridized carbons (Fsp3) is 0. The van der Waals surface area contributed by atoms with Crippen molar-refractivity contribution >= 4 is 11.6 Å². The van der Waals surface area contributed by atoms with E-state index in [4.69, 9.17) is 15.2 Å². The molecule has 3 aromatic carbocycles. The van der Waals surface area contributed by atoms with E-state index in [2.05, 4.69) is 0 Å². The molecule has 130 valence electrons. The number of nitrogens with two attached hydrogens (primary N) is 1. The molecule has 0 saturated heterocycles. The van der Waals surface area contributed by atoms with Gasteiger partial charge >= 0.3 is 5.69 Å². The van der Waals surface area contributed by atoms with Crippen LogP contribution in [-0.2, 0) is 0 Å². The van der Waals surface area contributed by atoms with Gasteiger partial charge in [-0.15, -0.1) is 0 Å². The van der Waals surface area contributed by atoms with Gasteiger partial charge in [0.05, 0.1) is 4.92 Å². The van der Waals surface area contributed by atoms with Gasteiger partial charge in [0.2, 0.25) is 11.7 Å². The summed E-state index contributed by atoms with van der Waals surface area (Å²) in [5.74, 6) is 0.773. The van der Waals surface area contributed by atoms with Gasteiger partial charge in [0.15, 0.2) is 0 Å². The van der Waals surface area contributed by atoms with Crippen molar-refractivity contribution in [2.45, 2.75) is 0 Å². The molecule has 0 aliphatic heterocycles. The van der Waals surface area contributed by atoms with Gasteiger partial charge in [-0.25, -0.2) is 0 Å². The number of hydrogen-bond acceptors (Lipinski definition) is 5. The average molecular weight is 350 g/mol. The monoisotopic (exact) mass is 350 g/mol. The summed E-state index contributed by atoms with van der Waals surface area (Å²) in [6.07, 6.45) is 0. The average Bonchev–Trinajstić information content (AvgIpc) is 2.63. The summed E-state index contributed by atoms with van der Waals surface area (Å²) in [6, 6.07) is 19.7. The second-order valence-corrected chi connectivity index (χ2v) is 5.30. The zero-order chi connectivity index (χ0) is 18.5. The Morgan fingerprint density at radius 3 is 2.15 bits per heavy atom. The maximum absolute atomic E-state index is 11.2. The smallest absolute Gasteiger partial charge is 0.312 e. The van der Waals surface area contributed by atoms with Crippen LogP contribution in [0.1, 0.15) is 10.4 Å². The number of amides is 1. The van der Waals surface area contributed by atoms with Crippen molar-refractivity contribution in [3.8, 4) is 23.0 Å². The van der Waals surface area contributed by atoms with Crippen LogP contribution in [0.5, 0.6) is 23.0 Å². The Labute approximate surface area is 148 Å². The highest BCUT2D eigenvalue weighted by Crippen LogP contribution is 2.34. The third kappa shape index (κ3) is 3.96. The molecule has 0 fully saturated rings. The van der Waals surface area contributed by atoms with Crippen LogP contribution in [0.2, 0.25) is 0 Å². The van der Waals surface area contributed by atoms with E-state index < -0.39 is 10.8 Å². The Hall–Kier alpha value is -3.87. The van der Waals surface area contributed by atoms with Crippen molar-refractivity contribution in [3.05, 3.63) is 88.5 Å². The lowest BCUT2D eigenvalue weighted by molar-refractivity contribution is -0.385. The molecule has 3 aromatic rings. The largest absolute Gasteiger partial charge is 0.457 e. The van der Waals surface area contributed by atoms with Crippen LogP contribution < -0.4 is 15.2 Å².